The van der Waals surface area contributed by atoms with Gasteiger partial charge in [-0.2, -0.15) is 0 Å². The molecule has 0 bridgehead atoms. The number of Topliss-reactive ketones (excluding diaryl/α,β-unsaturated/α-hetero) is 1. The van der Waals surface area contributed by atoms with E-state index >= 15 is 0 Å². The summed E-state index contributed by atoms with van der Waals surface area (Å²) in [4.78, 5) is 40.5. The quantitative estimate of drug-likeness (QED) is 0.401. The maximum atomic E-state index is 13.6. The van der Waals surface area contributed by atoms with Crippen LogP contribution in [0, 0.1) is 5.82 Å². The predicted molar refractivity (Wildman–Crippen MR) is 136 cm³/mol. The summed E-state index contributed by atoms with van der Waals surface area (Å²) < 4.78 is 13.2. The molecule has 1 atom stereocenters. The molecule has 0 saturated heterocycles. The Kier molecular flexibility index (Phi) is 5.30. The number of thioether (sulfide) groups is 1. The first-order valence-corrected chi connectivity index (χ1v) is 12.1. The second-order valence-electron chi connectivity index (χ2n) is 8.34. The van der Waals surface area contributed by atoms with Gasteiger partial charge in [0.25, 0.3) is 5.91 Å². The summed E-state index contributed by atoms with van der Waals surface area (Å²) >= 11 is 1.19. The van der Waals surface area contributed by atoms with Crippen LogP contribution in [-0.2, 0) is 11.2 Å². The normalized spacial score (nSPS) is 16.7. The SMILES string of the molecule is O=C(CSC1=Nc2ccccc2C2=N[C@H](Cc3c[nH]c4ccccc34)C(=O)N12)c1ccc(F)cc1. The minimum absolute atomic E-state index is 0.0663. The number of ketones is 1. The Hall–Kier alpha value is -4.04. The average molecular weight is 483 g/mol. The standard InChI is InChI=1S/C27H19FN4O2S/c28-18-11-9-16(10-12-18)24(33)15-35-27-31-22-8-4-2-6-20(22)25-30-23(26(34)32(25)27)13-17-14-29-21-7-3-1-5-19(17)21/h1-12,14,23,29H,13,15H2/t23-/m1/s1. The highest BCUT2D eigenvalue weighted by Gasteiger charge is 2.41. The molecule has 4 aromatic rings. The Morgan fingerprint density at radius 2 is 1.80 bits per heavy atom. The molecule has 6 rings (SSSR count). The van der Waals surface area contributed by atoms with Crippen molar-refractivity contribution < 1.29 is 14.0 Å². The molecule has 0 spiro atoms. The molecule has 2 aliphatic heterocycles. The van der Waals surface area contributed by atoms with Crippen LogP contribution in [0.5, 0.6) is 0 Å². The highest BCUT2D eigenvalue weighted by Crippen LogP contribution is 2.34. The molecular formula is C27H19FN4O2S. The number of benzene rings is 3. The molecule has 172 valence electrons. The third-order valence-corrected chi connectivity index (χ3v) is 7.07. The summed E-state index contributed by atoms with van der Waals surface area (Å²) in [7, 11) is 0. The molecule has 1 N–H and O–H groups in total. The summed E-state index contributed by atoms with van der Waals surface area (Å²) in [5.74, 6) is -0.108. The topological polar surface area (TPSA) is 77.9 Å². The van der Waals surface area contributed by atoms with Crippen LogP contribution in [0.25, 0.3) is 10.9 Å². The van der Waals surface area contributed by atoms with E-state index in [0.717, 1.165) is 22.0 Å². The van der Waals surface area contributed by atoms with Crippen LogP contribution in [0.2, 0.25) is 0 Å². The van der Waals surface area contributed by atoms with Crippen molar-refractivity contribution >= 4 is 51.0 Å². The van der Waals surface area contributed by atoms with Crippen LogP contribution < -0.4 is 0 Å². The molecule has 0 saturated carbocycles. The largest absolute Gasteiger partial charge is 0.361 e. The summed E-state index contributed by atoms with van der Waals surface area (Å²) in [6.07, 6.45) is 2.38. The van der Waals surface area contributed by atoms with Crippen molar-refractivity contribution in [3.05, 3.63) is 102 Å². The fourth-order valence-electron chi connectivity index (χ4n) is 4.39. The first kappa shape index (κ1) is 21.5. The first-order valence-electron chi connectivity index (χ1n) is 11.1. The maximum absolute atomic E-state index is 13.6. The monoisotopic (exact) mass is 482 g/mol. The molecule has 8 heteroatoms. The number of para-hydroxylation sites is 2. The van der Waals surface area contributed by atoms with E-state index < -0.39 is 11.9 Å². The highest BCUT2D eigenvalue weighted by molar-refractivity contribution is 8.14. The molecule has 0 aliphatic carbocycles. The zero-order valence-corrected chi connectivity index (χ0v) is 19.3. The van der Waals surface area contributed by atoms with E-state index in [9.17, 15) is 14.0 Å². The Morgan fingerprint density at radius 3 is 2.66 bits per heavy atom. The number of rotatable bonds is 5. The maximum Gasteiger partial charge on any atom is 0.259 e. The highest BCUT2D eigenvalue weighted by atomic mass is 32.2. The van der Waals surface area contributed by atoms with E-state index in [1.54, 1.807) is 0 Å². The van der Waals surface area contributed by atoms with E-state index in [1.165, 1.54) is 40.9 Å². The lowest BCUT2D eigenvalue weighted by Crippen LogP contribution is -2.41. The number of hydrogen-bond donors (Lipinski definition) is 1. The van der Waals surface area contributed by atoms with Crippen molar-refractivity contribution in [1.29, 1.82) is 0 Å². The number of nitrogens with one attached hydrogen (secondary N) is 1. The smallest absolute Gasteiger partial charge is 0.259 e. The first-order chi connectivity index (χ1) is 17.1. The minimum atomic E-state index is -0.589. The Labute approximate surface area is 204 Å². The van der Waals surface area contributed by atoms with E-state index in [2.05, 4.69) is 9.98 Å². The number of H-pyrrole nitrogens is 1. The minimum Gasteiger partial charge on any atom is -0.361 e. The van der Waals surface area contributed by atoms with Crippen molar-refractivity contribution in [1.82, 2.24) is 9.88 Å². The Balaban J connectivity index is 1.29. The summed E-state index contributed by atoms with van der Waals surface area (Å²) in [5.41, 5.74) is 3.95. The summed E-state index contributed by atoms with van der Waals surface area (Å²) in [5, 5.41) is 1.49. The van der Waals surface area contributed by atoms with Crippen molar-refractivity contribution in [3.8, 4) is 0 Å². The molecule has 1 amide bonds. The molecule has 2 aliphatic rings. The zero-order chi connectivity index (χ0) is 23.9. The Morgan fingerprint density at radius 1 is 1.03 bits per heavy atom. The number of carbonyl (C=O) groups excluding carboxylic acids is 2. The van der Waals surface area contributed by atoms with Gasteiger partial charge in [-0.15, -0.1) is 0 Å². The lowest BCUT2D eigenvalue weighted by Gasteiger charge is -2.25. The number of aromatic nitrogens is 1. The molecule has 0 radical (unpaired) electrons. The number of carbonyl (C=O) groups is 2. The van der Waals surface area contributed by atoms with Gasteiger partial charge < -0.3 is 4.98 Å². The fraction of sp³-hybridized carbons (Fsp3) is 0.111. The molecular weight excluding hydrogens is 463 g/mol. The van der Waals surface area contributed by atoms with Crippen molar-refractivity contribution in [2.75, 3.05) is 5.75 Å². The van der Waals surface area contributed by atoms with Crippen molar-refractivity contribution in [3.63, 3.8) is 0 Å². The van der Waals surface area contributed by atoms with Crippen LogP contribution >= 0.6 is 11.8 Å². The number of amides is 1. The number of aliphatic imine (C=N–C) groups is 2. The van der Waals surface area contributed by atoms with Gasteiger partial charge in [0.15, 0.2) is 11.0 Å². The van der Waals surface area contributed by atoms with E-state index in [4.69, 9.17) is 4.99 Å². The van der Waals surface area contributed by atoms with Gasteiger partial charge in [-0.25, -0.2) is 14.3 Å². The number of nitrogens with zero attached hydrogens (tertiary/aromatic N) is 3. The van der Waals surface area contributed by atoms with Crippen LogP contribution in [0.4, 0.5) is 10.1 Å². The molecule has 0 unspecified atom stereocenters. The van der Waals surface area contributed by atoms with Gasteiger partial charge in [-0.05, 0) is 48.0 Å². The number of halogens is 1. The molecule has 3 heterocycles. The molecule has 0 fully saturated rings. The summed E-state index contributed by atoms with van der Waals surface area (Å²) in [6.45, 7) is 0. The van der Waals surface area contributed by atoms with Gasteiger partial charge >= 0.3 is 0 Å². The fourth-order valence-corrected chi connectivity index (χ4v) is 5.29. The van der Waals surface area contributed by atoms with Crippen LogP contribution in [0.15, 0.2) is 89.0 Å². The Bertz CT molecular complexity index is 1540. The van der Waals surface area contributed by atoms with E-state index in [1.807, 2.05) is 54.7 Å². The van der Waals surface area contributed by atoms with Crippen LogP contribution in [0.3, 0.4) is 0 Å². The third kappa shape index (κ3) is 3.85. The lowest BCUT2D eigenvalue weighted by molar-refractivity contribution is -0.124. The number of fused-ring (bicyclic) bond motifs is 4. The number of hydrogen-bond acceptors (Lipinski definition) is 5. The van der Waals surface area contributed by atoms with Crippen LogP contribution in [-0.4, -0.2) is 44.4 Å². The van der Waals surface area contributed by atoms with Gasteiger partial charge in [0.2, 0.25) is 0 Å². The molecule has 1 aromatic heterocycles. The second-order valence-corrected chi connectivity index (χ2v) is 9.28. The van der Waals surface area contributed by atoms with E-state index in [0.29, 0.717) is 28.7 Å². The van der Waals surface area contributed by atoms with Gasteiger partial charge in [0.1, 0.15) is 17.7 Å². The zero-order valence-electron chi connectivity index (χ0n) is 18.4. The van der Waals surface area contributed by atoms with Gasteiger partial charge in [0.05, 0.1) is 11.4 Å². The second kappa shape index (κ2) is 8.63. The van der Waals surface area contributed by atoms with E-state index in [-0.39, 0.29) is 17.4 Å². The van der Waals surface area contributed by atoms with Crippen molar-refractivity contribution in [2.24, 2.45) is 9.98 Å². The molecule has 6 nitrogen and oxygen atoms in total. The predicted octanol–water partition coefficient (Wildman–Crippen LogP) is 5.12. The number of amidine groups is 2. The lowest BCUT2D eigenvalue weighted by atomic mass is 10.1. The number of aromatic amines is 1. The van der Waals surface area contributed by atoms with Gasteiger partial charge in [-0.1, -0.05) is 42.1 Å². The summed E-state index contributed by atoms with van der Waals surface area (Å²) in [6, 6.07) is 20.4. The van der Waals surface area contributed by atoms with Crippen molar-refractivity contribution in [2.45, 2.75) is 12.5 Å². The van der Waals surface area contributed by atoms with Gasteiger partial charge in [-0.3, -0.25) is 14.6 Å². The van der Waals surface area contributed by atoms with Crippen LogP contribution in [0.1, 0.15) is 21.5 Å². The van der Waals surface area contributed by atoms with Gasteiger partial charge in [0, 0.05) is 34.6 Å². The molecule has 35 heavy (non-hydrogen) atoms. The average Bonchev–Trinajstić information content (AvgIpc) is 3.44. The third-order valence-electron chi connectivity index (χ3n) is 6.13. The molecule has 3 aromatic carbocycles.